The number of amides is 1. The van der Waals surface area contributed by atoms with Crippen LogP contribution in [0.3, 0.4) is 0 Å². The van der Waals surface area contributed by atoms with Crippen LogP contribution in [-0.4, -0.2) is 37.6 Å². The summed E-state index contributed by atoms with van der Waals surface area (Å²) in [6.07, 6.45) is 0.650. The number of hydrogen-bond donors (Lipinski definition) is 3. The van der Waals surface area contributed by atoms with Crippen molar-refractivity contribution in [1.82, 2.24) is 20.1 Å². The molecule has 1 atom stereocenters. The van der Waals surface area contributed by atoms with E-state index in [1.807, 2.05) is 0 Å². The van der Waals surface area contributed by atoms with Gasteiger partial charge in [0, 0.05) is 22.0 Å². The molecule has 8 nitrogen and oxygen atoms in total. The molecule has 3 aromatic rings. The first-order valence-corrected chi connectivity index (χ1v) is 10.2. The van der Waals surface area contributed by atoms with Gasteiger partial charge in [-0.25, -0.2) is 4.79 Å². The maximum Gasteiger partial charge on any atom is 0.349 e. The summed E-state index contributed by atoms with van der Waals surface area (Å²) in [4.78, 5) is 38.7. The molecule has 2 heterocycles. The molecule has 4 rings (SSSR count). The Morgan fingerprint density at radius 1 is 1.21 bits per heavy atom. The second-order valence-corrected chi connectivity index (χ2v) is 7.89. The molecule has 2 aromatic carbocycles. The molecule has 148 valence electrons. The standard InChI is InChI=1S/C19H16ClN5O3S/c20-12-2-1-3-14(10-12)25-19(28)23-18(24-25)21-13-6-4-11(5-7-13)16(26)22-15-8-9-29-17(15)27/h1-7,10,15H,8-9H2,(H,22,26)(H2,21,23,24,28). The van der Waals surface area contributed by atoms with Gasteiger partial charge in [0.25, 0.3) is 5.91 Å². The highest BCUT2D eigenvalue weighted by molar-refractivity contribution is 8.14. The van der Waals surface area contributed by atoms with Crippen molar-refractivity contribution in [3.05, 3.63) is 69.6 Å². The SMILES string of the molecule is O=C(NC1CCSC1=O)c1ccc(Nc2nn(-c3cccc(Cl)c3)c(=O)[nH]2)cc1. The Labute approximate surface area is 174 Å². The fourth-order valence-corrected chi connectivity index (χ4v) is 3.99. The number of H-pyrrole nitrogens is 1. The first-order valence-electron chi connectivity index (χ1n) is 8.79. The monoisotopic (exact) mass is 429 g/mol. The summed E-state index contributed by atoms with van der Waals surface area (Å²) in [6, 6.07) is 13.0. The number of nitrogens with zero attached hydrogens (tertiary/aromatic N) is 2. The molecule has 1 fully saturated rings. The van der Waals surface area contributed by atoms with Crippen LogP contribution in [0.1, 0.15) is 16.8 Å². The number of benzene rings is 2. The number of hydrogen-bond acceptors (Lipinski definition) is 6. The number of halogens is 1. The smallest absolute Gasteiger partial charge is 0.341 e. The van der Waals surface area contributed by atoms with Crippen molar-refractivity contribution in [2.75, 3.05) is 11.1 Å². The van der Waals surface area contributed by atoms with Crippen LogP contribution in [0.4, 0.5) is 11.6 Å². The van der Waals surface area contributed by atoms with E-state index >= 15 is 0 Å². The summed E-state index contributed by atoms with van der Waals surface area (Å²) in [5, 5.41) is 10.4. The number of carbonyl (C=O) groups excluding carboxylic acids is 2. The molecule has 1 amide bonds. The average Bonchev–Trinajstić information content (AvgIpc) is 3.27. The zero-order chi connectivity index (χ0) is 20.4. The molecule has 0 saturated carbocycles. The Morgan fingerprint density at radius 3 is 2.69 bits per heavy atom. The first-order chi connectivity index (χ1) is 14.0. The van der Waals surface area contributed by atoms with Gasteiger partial charge < -0.3 is 10.6 Å². The van der Waals surface area contributed by atoms with E-state index in [9.17, 15) is 14.4 Å². The molecule has 1 aromatic heterocycles. The molecule has 0 bridgehead atoms. The molecule has 10 heteroatoms. The van der Waals surface area contributed by atoms with Gasteiger partial charge in [0.15, 0.2) is 0 Å². The van der Waals surface area contributed by atoms with Crippen LogP contribution in [0, 0.1) is 0 Å². The molecular formula is C19H16ClN5O3S. The molecule has 29 heavy (non-hydrogen) atoms. The average molecular weight is 430 g/mol. The topological polar surface area (TPSA) is 109 Å². The van der Waals surface area contributed by atoms with Gasteiger partial charge in [-0.05, 0) is 48.9 Å². The third-order valence-electron chi connectivity index (χ3n) is 4.32. The van der Waals surface area contributed by atoms with Crippen LogP contribution in [0.15, 0.2) is 53.3 Å². The highest BCUT2D eigenvalue weighted by Gasteiger charge is 2.27. The van der Waals surface area contributed by atoms with Crippen molar-refractivity contribution < 1.29 is 9.59 Å². The number of nitrogens with one attached hydrogen (secondary N) is 3. The number of aromatic nitrogens is 3. The van der Waals surface area contributed by atoms with Gasteiger partial charge in [-0.3, -0.25) is 14.6 Å². The van der Waals surface area contributed by atoms with Gasteiger partial charge in [-0.1, -0.05) is 29.4 Å². The Kier molecular flexibility index (Phi) is 5.41. The minimum absolute atomic E-state index is 0.00381. The molecule has 1 unspecified atom stereocenters. The minimum Gasteiger partial charge on any atom is -0.341 e. The highest BCUT2D eigenvalue weighted by Crippen LogP contribution is 2.20. The van der Waals surface area contributed by atoms with E-state index in [1.165, 1.54) is 16.4 Å². The van der Waals surface area contributed by atoms with Crippen molar-refractivity contribution in [1.29, 1.82) is 0 Å². The van der Waals surface area contributed by atoms with Crippen molar-refractivity contribution in [3.63, 3.8) is 0 Å². The van der Waals surface area contributed by atoms with E-state index in [0.29, 0.717) is 28.4 Å². The second-order valence-electron chi connectivity index (χ2n) is 6.36. The third-order valence-corrected chi connectivity index (χ3v) is 5.56. The number of carbonyl (C=O) groups is 2. The Hall–Kier alpha value is -3.04. The van der Waals surface area contributed by atoms with Gasteiger partial charge in [-0.15, -0.1) is 5.10 Å². The van der Waals surface area contributed by atoms with Crippen molar-refractivity contribution in [2.24, 2.45) is 0 Å². The maximum atomic E-state index is 12.3. The molecular weight excluding hydrogens is 414 g/mol. The predicted molar refractivity (Wildman–Crippen MR) is 112 cm³/mol. The lowest BCUT2D eigenvalue weighted by Gasteiger charge is -2.10. The van der Waals surface area contributed by atoms with Crippen LogP contribution in [0.2, 0.25) is 5.02 Å². The van der Waals surface area contributed by atoms with E-state index in [-0.39, 0.29) is 17.0 Å². The van der Waals surface area contributed by atoms with Crippen molar-refractivity contribution in [2.45, 2.75) is 12.5 Å². The van der Waals surface area contributed by atoms with Crippen molar-refractivity contribution >= 4 is 46.0 Å². The van der Waals surface area contributed by atoms with Crippen LogP contribution in [0.5, 0.6) is 0 Å². The zero-order valence-corrected chi connectivity index (χ0v) is 16.6. The van der Waals surface area contributed by atoms with Crippen LogP contribution < -0.4 is 16.3 Å². The first kappa shape index (κ1) is 19.3. The molecule has 1 saturated heterocycles. The van der Waals surface area contributed by atoms with Gasteiger partial charge >= 0.3 is 5.69 Å². The van der Waals surface area contributed by atoms with E-state index in [1.54, 1.807) is 48.5 Å². The van der Waals surface area contributed by atoms with E-state index < -0.39 is 11.7 Å². The summed E-state index contributed by atoms with van der Waals surface area (Å²) >= 11 is 7.20. The largest absolute Gasteiger partial charge is 0.349 e. The maximum absolute atomic E-state index is 12.3. The normalized spacial score (nSPS) is 16.0. The molecule has 0 radical (unpaired) electrons. The predicted octanol–water partition coefficient (Wildman–Crippen LogP) is 2.72. The van der Waals surface area contributed by atoms with Crippen molar-refractivity contribution in [3.8, 4) is 5.69 Å². The molecule has 3 N–H and O–H groups in total. The Morgan fingerprint density at radius 2 is 2.00 bits per heavy atom. The summed E-state index contributed by atoms with van der Waals surface area (Å²) in [5.74, 6) is 0.684. The second kappa shape index (κ2) is 8.14. The number of anilines is 2. The molecule has 0 spiro atoms. The van der Waals surface area contributed by atoms with Crippen LogP contribution in [0.25, 0.3) is 5.69 Å². The van der Waals surface area contributed by atoms with E-state index in [4.69, 9.17) is 11.6 Å². The fourth-order valence-electron chi connectivity index (χ4n) is 2.87. The summed E-state index contributed by atoms with van der Waals surface area (Å²) in [5.41, 5.74) is 1.21. The van der Waals surface area contributed by atoms with E-state index in [0.717, 1.165) is 5.75 Å². The zero-order valence-electron chi connectivity index (χ0n) is 15.0. The quantitative estimate of drug-likeness (QED) is 0.575. The minimum atomic E-state index is -0.425. The summed E-state index contributed by atoms with van der Waals surface area (Å²) < 4.78 is 1.20. The third kappa shape index (κ3) is 4.36. The van der Waals surface area contributed by atoms with Crippen LogP contribution >= 0.6 is 23.4 Å². The molecule has 1 aliphatic heterocycles. The highest BCUT2D eigenvalue weighted by atomic mass is 35.5. The fraction of sp³-hybridized carbons (Fsp3) is 0.158. The molecule has 1 aliphatic rings. The number of rotatable bonds is 5. The van der Waals surface area contributed by atoms with Gasteiger partial charge in [0.1, 0.15) is 0 Å². The summed E-state index contributed by atoms with van der Waals surface area (Å²) in [7, 11) is 0. The number of aromatic amines is 1. The lowest BCUT2D eigenvalue weighted by molar-refractivity contribution is -0.112. The van der Waals surface area contributed by atoms with Crippen LogP contribution in [-0.2, 0) is 4.79 Å². The lowest BCUT2D eigenvalue weighted by atomic mass is 10.1. The Balaban J connectivity index is 1.45. The van der Waals surface area contributed by atoms with Gasteiger partial charge in [0.2, 0.25) is 11.1 Å². The molecule has 0 aliphatic carbocycles. The lowest BCUT2D eigenvalue weighted by Crippen LogP contribution is -2.37. The van der Waals surface area contributed by atoms with Gasteiger partial charge in [0.05, 0.1) is 11.7 Å². The summed E-state index contributed by atoms with van der Waals surface area (Å²) in [6.45, 7) is 0. The van der Waals surface area contributed by atoms with E-state index in [2.05, 4.69) is 20.7 Å². The Bertz CT molecular complexity index is 1130. The van der Waals surface area contributed by atoms with Gasteiger partial charge in [-0.2, -0.15) is 4.68 Å². The number of thioether (sulfide) groups is 1.